The Balaban J connectivity index is 1.44. The lowest BCUT2D eigenvalue weighted by molar-refractivity contribution is -0.141. The minimum atomic E-state index is -1.30. The molecule has 4 fully saturated rings. The Labute approximate surface area is 500 Å². The average Bonchev–Trinajstić information content (AvgIpc) is 2.44. The molecule has 464 valence electrons. The number of fused-ring (bicyclic) bond motifs is 8. The van der Waals surface area contributed by atoms with Gasteiger partial charge >= 0.3 is 23.9 Å². The molecule has 0 unspecified atom stereocenters. The molecular weight excluding hydrogens is 1110 g/mol. The van der Waals surface area contributed by atoms with E-state index in [1.165, 1.54) is 38.2 Å². The highest BCUT2D eigenvalue weighted by atomic mass is 16.6. The zero-order valence-corrected chi connectivity index (χ0v) is 50.1. The normalized spacial score (nSPS) is 30.1. The maximum atomic E-state index is 13.6. The van der Waals surface area contributed by atoms with Crippen LogP contribution >= 0.6 is 0 Å². The SMILES string of the molecule is CC1=CC=C[C@H](C)C=C(CO)[C@@H](C)C[C@@H]2OC(=O)C(=C(O)C=C[C@H](C)C=C(CO)[C@@H](C)C[C@H]3OC(=O)C(=C(O)C(C)=CC=C[C@H](C)C=C(CO)[C@@H](C)C[C@@H]4OC(=O)C(=C(O)C=C[C@H](C)C=C(CO)[C@@H](C)C[C@H]5OC(=O)C(=C1O)C5=O)C4=O)C3=O)C2=O. The summed E-state index contributed by atoms with van der Waals surface area (Å²) in [5.41, 5.74) is -0.0785. The van der Waals surface area contributed by atoms with Crippen LogP contribution < -0.4 is 0 Å². The van der Waals surface area contributed by atoms with Crippen LogP contribution in [0.25, 0.3) is 0 Å². The van der Waals surface area contributed by atoms with Crippen molar-refractivity contribution in [3.63, 3.8) is 0 Å². The molecule has 0 saturated carbocycles. The molecule has 0 spiro atoms. The summed E-state index contributed by atoms with van der Waals surface area (Å²) in [6.07, 6.45) is 16.1. The lowest BCUT2D eigenvalue weighted by atomic mass is 9.90. The Morgan fingerprint density at radius 1 is 0.372 bits per heavy atom. The van der Waals surface area contributed by atoms with Gasteiger partial charge in [0, 0.05) is 0 Å². The van der Waals surface area contributed by atoms with E-state index in [-0.39, 0.29) is 48.7 Å². The fourth-order valence-corrected chi connectivity index (χ4v) is 10.4. The number of allylic oxidation sites excluding steroid dienone is 16. The molecule has 20 heteroatoms. The Bertz CT molecular complexity index is 2950. The molecule has 5 rings (SSSR count). The standard InChI is InChI=1S/C66H80O20/c1-33-13-11-15-37(5)57(73)55-61(77)51(85-65(55)81)27-41(9)45(31-69)24-36(4)18-20-48(72)54-60(76)50(84-64(54)80)26-40(8)44(30-68)22-34(2)14-12-16-38(6)58(74)56-62(78)52(86-66(56)82)28-42(10)46(32-70)23-35(3)17-19-47(71)53-59(75)49(83-63(53)79)25-39(7)43(21-33)29-67/h11-24,33-36,39-42,49-52,67-74H,25-32H2,1-10H3/t33-,34-,35-,36-,39-,40-,41-,42-,49-,50-,51+,52+/m0/s1. The molecule has 0 radical (unpaired) electrons. The molecule has 4 heterocycles. The number of aliphatic hydroxyl groups is 8. The molecule has 0 aromatic carbocycles. The lowest BCUT2D eigenvalue weighted by Gasteiger charge is -2.18. The number of ether oxygens (including phenoxy) is 4. The summed E-state index contributed by atoms with van der Waals surface area (Å²) in [4.78, 5) is 106. The Morgan fingerprint density at radius 3 is 0.860 bits per heavy atom. The van der Waals surface area contributed by atoms with Gasteiger partial charge in [-0.3, -0.25) is 19.2 Å². The predicted molar refractivity (Wildman–Crippen MR) is 315 cm³/mol. The predicted octanol–water partition coefficient (Wildman–Crippen LogP) is 7.67. The van der Waals surface area contributed by atoms with Crippen LogP contribution in [-0.4, -0.2) is 139 Å². The average molecular weight is 1190 g/mol. The zero-order valence-electron chi connectivity index (χ0n) is 50.1. The van der Waals surface area contributed by atoms with Crippen molar-refractivity contribution in [1.29, 1.82) is 0 Å². The highest BCUT2D eigenvalue weighted by Crippen LogP contribution is 2.34. The topological polar surface area (TPSA) is 335 Å². The largest absolute Gasteiger partial charge is 0.507 e. The van der Waals surface area contributed by atoms with Gasteiger partial charge < -0.3 is 59.8 Å². The first-order valence-electron chi connectivity index (χ1n) is 28.6. The summed E-state index contributed by atoms with van der Waals surface area (Å²) in [6.45, 7) is 15.0. The smallest absolute Gasteiger partial charge is 0.346 e. The van der Waals surface area contributed by atoms with Crippen molar-refractivity contribution in [2.24, 2.45) is 47.3 Å². The van der Waals surface area contributed by atoms with Crippen molar-refractivity contribution in [2.45, 2.75) is 119 Å². The van der Waals surface area contributed by atoms with Crippen molar-refractivity contribution in [2.75, 3.05) is 26.4 Å². The van der Waals surface area contributed by atoms with Crippen LogP contribution in [0.4, 0.5) is 0 Å². The third kappa shape index (κ3) is 17.1. The molecule has 4 aliphatic heterocycles. The van der Waals surface area contributed by atoms with Crippen molar-refractivity contribution in [3.05, 3.63) is 164 Å². The molecule has 1 aliphatic carbocycles. The van der Waals surface area contributed by atoms with Gasteiger partial charge in [0.15, 0.2) is 24.4 Å². The zero-order chi connectivity index (χ0) is 64.0. The van der Waals surface area contributed by atoms with Crippen molar-refractivity contribution < 1.29 is 98.2 Å². The third-order valence-electron chi connectivity index (χ3n) is 15.8. The number of hydrogen-bond acceptors (Lipinski definition) is 20. The summed E-state index contributed by atoms with van der Waals surface area (Å²) in [5, 5.41) is 85.5. The maximum Gasteiger partial charge on any atom is 0.346 e. The lowest BCUT2D eigenvalue weighted by Crippen LogP contribution is -2.22. The van der Waals surface area contributed by atoms with E-state index in [0.717, 1.165) is 12.2 Å². The maximum absolute atomic E-state index is 13.6. The molecule has 4 saturated heterocycles. The van der Waals surface area contributed by atoms with Gasteiger partial charge in [0.2, 0.25) is 23.1 Å². The van der Waals surface area contributed by atoms with Crippen molar-refractivity contribution >= 4 is 47.0 Å². The van der Waals surface area contributed by atoms with Gasteiger partial charge in [0.25, 0.3) is 0 Å². The Morgan fingerprint density at radius 2 is 0.605 bits per heavy atom. The number of ketones is 4. The Kier molecular flexibility index (Phi) is 24.7. The number of rotatable bonds is 4. The number of carbonyl (C=O) groups is 8. The third-order valence-corrected chi connectivity index (χ3v) is 15.8. The second kappa shape index (κ2) is 30.9. The molecule has 0 aromatic heterocycles. The van der Waals surface area contributed by atoms with E-state index in [1.807, 2.05) is 0 Å². The summed E-state index contributed by atoms with van der Waals surface area (Å²) in [7, 11) is 0. The van der Waals surface area contributed by atoms with E-state index in [2.05, 4.69) is 0 Å². The van der Waals surface area contributed by atoms with Gasteiger partial charge in [-0.2, -0.15) is 0 Å². The second-order valence-electron chi connectivity index (χ2n) is 22.8. The quantitative estimate of drug-likeness (QED) is 0.0579. The minimum absolute atomic E-state index is 0.0361. The molecule has 0 amide bonds. The van der Waals surface area contributed by atoms with Gasteiger partial charge in [0.1, 0.15) is 45.3 Å². The van der Waals surface area contributed by atoms with Crippen LogP contribution in [0.5, 0.6) is 0 Å². The first-order valence-corrected chi connectivity index (χ1v) is 28.6. The number of hydrogen-bond donors (Lipinski definition) is 8. The first kappa shape index (κ1) is 68.7. The van der Waals surface area contributed by atoms with E-state index in [9.17, 15) is 79.2 Å². The van der Waals surface area contributed by atoms with Crippen LogP contribution in [-0.2, 0) is 57.3 Å². The minimum Gasteiger partial charge on any atom is -0.507 e. The second-order valence-corrected chi connectivity index (χ2v) is 22.8. The molecule has 5 aliphatic rings. The Hall–Kier alpha value is -8.04. The number of carbonyl (C=O) groups excluding carboxylic acids is 8. The van der Waals surface area contributed by atoms with E-state index >= 15 is 0 Å². The van der Waals surface area contributed by atoms with Gasteiger partial charge in [-0.05, 0) is 132 Å². The van der Waals surface area contributed by atoms with Gasteiger partial charge in [0.05, 0.1) is 26.4 Å². The summed E-state index contributed by atoms with van der Waals surface area (Å²) < 4.78 is 21.6. The van der Waals surface area contributed by atoms with Crippen LogP contribution in [0, 0.1) is 47.3 Å². The highest BCUT2D eigenvalue weighted by molar-refractivity contribution is 6.26. The highest BCUT2D eigenvalue weighted by Gasteiger charge is 2.45. The molecule has 20 nitrogen and oxygen atoms in total. The van der Waals surface area contributed by atoms with Crippen molar-refractivity contribution in [1.82, 2.24) is 0 Å². The first-order chi connectivity index (χ1) is 40.6. The summed E-state index contributed by atoms with van der Waals surface area (Å²) >= 11 is 0. The summed E-state index contributed by atoms with van der Waals surface area (Å²) in [5.74, 6) is -13.6. The van der Waals surface area contributed by atoms with E-state index in [0.29, 0.717) is 22.3 Å². The fraction of sp³-hybridized carbons (Fsp3) is 0.455. The van der Waals surface area contributed by atoms with Crippen LogP contribution in [0.2, 0.25) is 0 Å². The molecular formula is C66H80O20. The van der Waals surface area contributed by atoms with Gasteiger partial charge in [-0.15, -0.1) is 0 Å². The van der Waals surface area contributed by atoms with Crippen LogP contribution in [0.15, 0.2) is 164 Å². The van der Waals surface area contributed by atoms with Crippen molar-refractivity contribution in [3.8, 4) is 0 Å². The van der Waals surface area contributed by atoms with Gasteiger partial charge in [-0.25, -0.2) is 19.2 Å². The van der Waals surface area contributed by atoms with E-state index in [4.69, 9.17) is 18.9 Å². The van der Waals surface area contributed by atoms with E-state index in [1.54, 1.807) is 104 Å². The summed E-state index contributed by atoms with van der Waals surface area (Å²) in [6, 6.07) is 0. The molecule has 0 aromatic rings. The van der Waals surface area contributed by atoms with Gasteiger partial charge in [-0.1, -0.05) is 128 Å². The monoisotopic (exact) mass is 1190 g/mol. The molecule has 8 N–H and O–H groups in total. The fourth-order valence-electron chi connectivity index (χ4n) is 10.4. The van der Waals surface area contributed by atoms with E-state index < -0.39 is 179 Å². The number of esters is 4. The molecule has 8 bridgehead atoms. The molecule has 86 heavy (non-hydrogen) atoms. The van der Waals surface area contributed by atoms with Crippen LogP contribution in [0.1, 0.15) is 94.9 Å². The number of aliphatic hydroxyl groups excluding tert-OH is 8. The number of Topliss-reactive ketones (excluding diaryl/α,β-unsaturated/α-hetero) is 4. The molecule has 12 atom stereocenters. The van der Waals surface area contributed by atoms with Crippen LogP contribution in [0.3, 0.4) is 0 Å².